The summed E-state index contributed by atoms with van der Waals surface area (Å²) in [6.45, 7) is 0. The fourth-order valence-electron chi connectivity index (χ4n) is 1.88. The minimum Gasteiger partial charge on any atom is -0.298 e. The molecule has 1 nitrogen and oxygen atoms in total. The lowest BCUT2D eigenvalue weighted by atomic mass is 9.95. The van der Waals surface area contributed by atoms with Crippen molar-refractivity contribution >= 4 is 6.29 Å². The fourth-order valence-corrected chi connectivity index (χ4v) is 1.88. The van der Waals surface area contributed by atoms with Crippen LogP contribution in [0, 0.1) is 11.8 Å². The molecule has 10 heavy (non-hydrogen) atoms. The van der Waals surface area contributed by atoms with Gasteiger partial charge in [0.1, 0.15) is 6.29 Å². The minimum atomic E-state index is 0.470. The van der Waals surface area contributed by atoms with Crippen LogP contribution in [0.15, 0.2) is 23.8 Å². The van der Waals surface area contributed by atoms with E-state index in [9.17, 15) is 4.79 Å². The van der Waals surface area contributed by atoms with Crippen LogP contribution in [-0.4, -0.2) is 6.29 Å². The van der Waals surface area contributed by atoms with Crippen LogP contribution in [0.1, 0.15) is 12.8 Å². The zero-order valence-electron chi connectivity index (χ0n) is 5.79. The number of aldehydes is 1. The molecule has 0 saturated heterocycles. The third kappa shape index (κ3) is 0.666. The van der Waals surface area contributed by atoms with Crippen LogP contribution in [0.5, 0.6) is 0 Å². The Kier molecular flexibility index (Phi) is 1.23. The Morgan fingerprint density at radius 1 is 1.50 bits per heavy atom. The van der Waals surface area contributed by atoms with E-state index >= 15 is 0 Å². The molecule has 0 fully saturated rings. The molecule has 2 rings (SSSR count). The van der Waals surface area contributed by atoms with Crippen LogP contribution in [0.4, 0.5) is 0 Å². The Labute approximate surface area is 60.4 Å². The van der Waals surface area contributed by atoms with Crippen molar-refractivity contribution in [2.75, 3.05) is 0 Å². The summed E-state index contributed by atoms with van der Waals surface area (Å²) >= 11 is 0. The van der Waals surface area contributed by atoms with E-state index in [1.165, 1.54) is 6.42 Å². The molecule has 0 spiro atoms. The van der Waals surface area contributed by atoms with Crippen molar-refractivity contribution in [3.05, 3.63) is 23.8 Å². The SMILES string of the molecule is O=CC1=CC[C@H]2CC=C[C@@H]12. The first kappa shape index (κ1) is 5.90. The highest BCUT2D eigenvalue weighted by atomic mass is 16.1. The molecule has 0 N–H and O–H groups in total. The Bertz CT molecular complexity index is 213. The van der Waals surface area contributed by atoms with Gasteiger partial charge in [0.2, 0.25) is 0 Å². The van der Waals surface area contributed by atoms with E-state index < -0.39 is 0 Å². The molecule has 2 aliphatic rings. The maximum Gasteiger partial charge on any atom is 0.146 e. The fraction of sp³-hybridized carbons (Fsp3) is 0.444. The number of hydrogen-bond acceptors (Lipinski definition) is 1. The summed E-state index contributed by atoms with van der Waals surface area (Å²) in [4.78, 5) is 10.4. The maximum atomic E-state index is 10.4. The highest BCUT2D eigenvalue weighted by Gasteiger charge is 2.29. The molecule has 0 aromatic carbocycles. The summed E-state index contributed by atoms with van der Waals surface area (Å²) in [6.07, 6.45) is 9.69. The number of carbonyl (C=O) groups is 1. The quantitative estimate of drug-likeness (QED) is 0.394. The first-order valence-electron chi connectivity index (χ1n) is 3.73. The summed E-state index contributed by atoms with van der Waals surface area (Å²) in [6, 6.07) is 0. The van der Waals surface area contributed by atoms with Gasteiger partial charge in [0.25, 0.3) is 0 Å². The first-order chi connectivity index (χ1) is 4.92. The topological polar surface area (TPSA) is 17.1 Å². The summed E-state index contributed by atoms with van der Waals surface area (Å²) in [7, 11) is 0. The van der Waals surface area contributed by atoms with Gasteiger partial charge in [-0.25, -0.2) is 0 Å². The molecule has 0 saturated carbocycles. The molecule has 0 bridgehead atoms. The summed E-state index contributed by atoms with van der Waals surface area (Å²) in [5.74, 6) is 1.19. The Hall–Kier alpha value is -0.850. The lowest BCUT2D eigenvalue weighted by Gasteiger charge is -2.08. The van der Waals surface area contributed by atoms with Crippen molar-refractivity contribution in [3.63, 3.8) is 0 Å². The Balaban J connectivity index is 2.24. The molecule has 2 atom stereocenters. The third-order valence-corrected chi connectivity index (χ3v) is 2.47. The lowest BCUT2D eigenvalue weighted by Crippen LogP contribution is -2.03. The standard InChI is InChI=1S/C9H10O/c10-6-8-5-4-7-2-1-3-9(7)8/h1,3,5-7,9H,2,4H2/t7-,9-/m1/s1. The second-order valence-corrected chi connectivity index (χ2v) is 3.01. The molecule has 2 aliphatic carbocycles. The van der Waals surface area contributed by atoms with E-state index in [1.54, 1.807) is 0 Å². The second-order valence-electron chi connectivity index (χ2n) is 3.01. The van der Waals surface area contributed by atoms with E-state index in [1.807, 2.05) is 0 Å². The van der Waals surface area contributed by atoms with Gasteiger partial charge in [0.15, 0.2) is 0 Å². The first-order valence-corrected chi connectivity index (χ1v) is 3.73. The normalized spacial score (nSPS) is 35.8. The molecule has 0 amide bonds. The van der Waals surface area contributed by atoms with Crippen molar-refractivity contribution in [1.82, 2.24) is 0 Å². The van der Waals surface area contributed by atoms with Gasteiger partial charge in [-0.05, 0) is 24.3 Å². The van der Waals surface area contributed by atoms with Crippen molar-refractivity contribution < 1.29 is 4.79 Å². The van der Waals surface area contributed by atoms with Crippen LogP contribution in [-0.2, 0) is 4.79 Å². The van der Waals surface area contributed by atoms with Crippen LogP contribution in [0.3, 0.4) is 0 Å². The van der Waals surface area contributed by atoms with Crippen LogP contribution >= 0.6 is 0 Å². The second kappa shape index (κ2) is 2.08. The van der Waals surface area contributed by atoms with Gasteiger partial charge in [-0.3, -0.25) is 4.79 Å². The molecular formula is C9H10O. The van der Waals surface area contributed by atoms with Gasteiger partial charge in [0, 0.05) is 5.92 Å². The number of fused-ring (bicyclic) bond motifs is 1. The molecule has 0 heterocycles. The van der Waals surface area contributed by atoms with Crippen molar-refractivity contribution in [3.8, 4) is 0 Å². The van der Waals surface area contributed by atoms with Crippen molar-refractivity contribution in [2.45, 2.75) is 12.8 Å². The monoisotopic (exact) mass is 134 g/mol. The summed E-state index contributed by atoms with van der Waals surface area (Å²) in [5.41, 5.74) is 0.999. The predicted octanol–water partition coefficient (Wildman–Crippen LogP) is 1.71. The molecule has 0 unspecified atom stereocenters. The Morgan fingerprint density at radius 2 is 2.40 bits per heavy atom. The van der Waals surface area contributed by atoms with Gasteiger partial charge >= 0.3 is 0 Å². The van der Waals surface area contributed by atoms with Crippen molar-refractivity contribution in [1.29, 1.82) is 0 Å². The Morgan fingerprint density at radius 3 is 3.20 bits per heavy atom. The molecule has 52 valence electrons. The maximum absolute atomic E-state index is 10.4. The highest BCUT2D eigenvalue weighted by molar-refractivity contribution is 5.76. The van der Waals surface area contributed by atoms with E-state index in [4.69, 9.17) is 0 Å². The lowest BCUT2D eigenvalue weighted by molar-refractivity contribution is -0.105. The van der Waals surface area contributed by atoms with Gasteiger partial charge < -0.3 is 0 Å². The molecule has 0 aromatic rings. The largest absolute Gasteiger partial charge is 0.298 e. The molecular weight excluding hydrogens is 124 g/mol. The molecule has 0 aromatic heterocycles. The van der Waals surface area contributed by atoms with Gasteiger partial charge in [-0.15, -0.1) is 0 Å². The number of rotatable bonds is 1. The highest BCUT2D eigenvalue weighted by Crippen LogP contribution is 2.38. The summed E-state index contributed by atoms with van der Waals surface area (Å²) in [5, 5.41) is 0. The smallest absolute Gasteiger partial charge is 0.146 e. The van der Waals surface area contributed by atoms with E-state index in [0.717, 1.165) is 24.2 Å². The third-order valence-electron chi connectivity index (χ3n) is 2.47. The van der Waals surface area contributed by atoms with Gasteiger partial charge in [-0.2, -0.15) is 0 Å². The predicted molar refractivity (Wildman–Crippen MR) is 39.5 cm³/mol. The summed E-state index contributed by atoms with van der Waals surface area (Å²) < 4.78 is 0. The number of hydrogen-bond donors (Lipinski definition) is 0. The van der Waals surface area contributed by atoms with Crippen LogP contribution < -0.4 is 0 Å². The molecule has 0 radical (unpaired) electrons. The number of carbonyl (C=O) groups excluding carboxylic acids is 1. The molecule has 0 aliphatic heterocycles. The van der Waals surface area contributed by atoms with Gasteiger partial charge in [-0.1, -0.05) is 18.2 Å². The van der Waals surface area contributed by atoms with E-state index in [2.05, 4.69) is 18.2 Å². The molecule has 1 heteroatoms. The van der Waals surface area contributed by atoms with Gasteiger partial charge in [0.05, 0.1) is 0 Å². The van der Waals surface area contributed by atoms with Crippen LogP contribution in [0.2, 0.25) is 0 Å². The average Bonchev–Trinajstić information content (AvgIpc) is 2.44. The average molecular weight is 134 g/mol. The number of allylic oxidation sites excluding steroid dienone is 4. The van der Waals surface area contributed by atoms with Crippen molar-refractivity contribution in [2.24, 2.45) is 11.8 Å². The zero-order chi connectivity index (χ0) is 6.97. The van der Waals surface area contributed by atoms with E-state index in [-0.39, 0.29) is 0 Å². The zero-order valence-corrected chi connectivity index (χ0v) is 5.79. The van der Waals surface area contributed by atoms with E-state index in [0.29, 0.717) is 5.92 Å². The minimum absolute atomic E-state index is 0.470. The van der Waals surface area contributed by atoms with Crippen LogP contribution in [0.25, 0.3) is 0 Å².